The van der Waals surface area contributed by atoms with E-state index in [2.05, 4.69) is 10.2 Å². The molecule has 0 N–H and O–H groups in total. The fraction of sp³-hybridized carbons (Fsp3) is 0.667. The number of aromatic nitrogens is 2. The van der Waals surface area contributed by atoms with Crippen molar-refractivity contribution in [2.45, 2.75) is 27.7 Å². The topological polar surface area (TPSA) is 25.8 Å². The van der Waals surface area contributed by atoms with E-state index in [1.165, 1.54) is 0 Å². The molecular weight excluding hydrogens is 132 g/mol. The number of rotatable bonds is 0. The molecule has 0 amide bonds. The first-order chi connectivity index (χ1) is 4.29. The summed E-state index contributed by atoms with van der Waals surface area (Å²) in [5.41, 5.74) is 0. The molecule has 3 heteroatoms. The Kier molecular flexibility index (Phi) is 4.22. The predicted molar refractivity (Wildman–Crippen MR) is 40.7 cm³/mol. The zero-order chi connectivity index (χ0) is 7.28. The van der Waals surface area contributed by atoms with Crippen molar-refractivity contribution in [3.63, 3.8) is 0 Å². The van der Waals surface area contributed by atoms with E-state index in [1.54, 1.807) is 11.3 Å². The quantitative estimate of drug-likeness (QED) is 0.557. The summed E-state index contributed by atoms with van der Waals surface area (Å²) < 4.78 is 0. The maximum atomic E-state index is 3.78. The smallest absolute Gasteiger partial charge is 0.114 e. The SMILES string of the molecule is CC.Cc1nnc(C)s1. The summed E-state index contributed by atoms with van der Waals surface area (Å²) in [5, 5.41) is 9.65. The van der Waals surface area contributed by atoms with Crippen molar-refractivity contribution in [3.8, 4) is 0 Å². The average molecular weight is 144 g/mol. The lowest BCUT2D eigenvalue weighted by molar-refractivity contribution is 1.02. The van der Waals surface area contributed by atoms with Crippen molar-refractivity contribution >= 4 is 11.3 Å². The van der Waals surface area contributed by atoms with E-state index in [0.717, 1.165) is 10.0 Å². The highest BCUT2D eigenvalue weighted by atomic mass is 32.1. The van der Waals surface area contributed by atoms with Crippen molar-refractivity contribution in [2.75, 3.05) is 0 Å². The zero-order valence-electron chi connectivity index (χ0n) is 6.30. The minimum atomic E-state index is 1.04. The molecule has 0 aliphatic heterocycles. The predicted octanol–water partition coefficient (Wildman–Crippen LogP) is 2.18. The van der Waals surface area contributed by atoms with Crippen LogP contribution in [0.15, 0.2) is 0 Å². The lowest BCUT2D eigenvalue weighted by Crippen LogP contribution is -1.68. The summed E-state index contributed by atoms with van der Waals surface area (Å²) in [7, 11) is 0. The van der Waals surface area contributed by atoms with Crippen molar-refractivity contribution < 1.29 is 0 Å². The van der Waals surface area contributed by atoms with Crippen LogP contribution in [0.3, 0.4) is 0 Å². The Morgan fingerprint density at radius 2 is 1.33 bits per heavy atom. The van der Waals surface area contributed by atoms with Gasteiger partial charge < -0.3 is 0 Å². The summed E-state index contributed by atoms with van der Waals surface area (Å²) in [5.74, 6) is 0. The van der Waals surface area contributed by atoms with Crippen LogP contribution in [-0.2, 0) is 0 Å². The molecule has 0 atom stereocenters. The highest BCUT2D eigenvalue weighted by Crippen LogP contribution is 2.03. The van der Waals surface area contributed by atoms with Crippen LogP contribution in [0.2, 0.25) is 0 Å². The van der Waals surface area contributed by atoms with Gasteiger partial charge in [-0.25, -0.2) is 0 Å². The lowest BCUT2D eigenvalue weighted by Gasteiger charge is -1.65. The van der Waals surface area contributed by atoms with Crippen molar-refractivity contribution in [1.82, 2.24) is 10.2 Å². The standard InChI is InChI=1S/C4H6N2S.C2H6/c1-3-5-6-4(2)7-3;1-2/h1-2H3;1-2H3. The summed E-state index contributed by atoms with van der Waals surface area (Å²) >= 11 is 1.62. The Morgan fingerprint density at radius 3 is 1.44 bits per heavy atom. The maximum Gasteiger partial charge on any atom is 0.114 e. The first kappa shape index (κ1) is 8.56. The van der Waals surface area contributed by atoms with Gasteiger partial charge in [-0.3, -0.25) is 0 Å². The second kappa shape index (κ2) is 4.44. The first-order valence-electron chi connectivity index (χ1n) is 3.06. The molecule has 0 fully saturated rings. The number of nitrogens with zero attached hydrogens (tertiary/aromatic N) is 2. The van der Waals surface area contributed by atoms with E-state index in [4.69, 9.17) is 0 Å². The maximum absolute atomic E-state index is 3.78. The van der Waals surface area contributed by atoms with Crippen molar-refractivity contribution in [1.29, 1.82) is 0 Å². The fourth-order valence-corrected chi connectivity index (χ4v) is 0.986. The third kappa shape index (κ3) is 3.19. The van der Waals surface area contributed by atoms with Gasteiger partial charge in [0.25, 0.3) is 0 Å². The molecule has 2 nitrogen and oxygen atoms in total. The Bertz CT molecular complexity index is 143. The molecule has 0 bridgehead atoms. The molecule has 52 valence electrons. The van der Waals surface area contributed by atoms with Crippen LogP contribution in [0, 0.1) is 13.8 Å². The van der Waals surface area contributed by atoms with Gasteiger partial charge in [-0.2, -0.15) is 0 Å². The Balaban J connectivity index is 0.000000291. The second-order valence-corrected chi connectivity index (χ2v) is 2.73. The molecule has 1 heterocycles. The number of hydrogen-bond acceptors (Lipinski definition) is 3. The molecule has 0 aliphatic rings. The molecule has 0 radical (unpaired) electrons. The normalized spacial score (nSPS) is 8.00. The van der Waals surface area contributed by atoms with Gasteiger partial charge in [0.05, 0.1) is 0 Å². The molecule has 0 spiro atoms. The Hall–Kier alpha value is -0.440. The molecule has 0 aromatic carbocycles. The van der Waals surface area contributed by atoms with E-state index < -0.39 is 0 Å². The van der Waals surface area contributed by atoms with Gasteiger partial charge in [-0.15, -0.1) is 21.5 Å². The third-order valence-electron chi connectivity index (χ3n) is 0.627. The van der Waals surface area contributed by atoms with E-state index in [-0.39, 0.29) is 0 Å². The van der Waals surface area contributed by atoms with Crippen LogP contribution in [0.25, 0.3) is 0 Å². The number of hydrogen-bond donors (Lipinski definition) is 0. The number of aryl methyl sites for hydroxylation is 2. The van der Waals surface area contributed by atoms with Crippen LogP contribution in [-0.4, -0.2) is 10.2 Å². The average Bonchev–Trinajstić information content (AvgIpc) is 2.20. The molecule has 1 aromatic heterocycles. The molecule has 0 unspecified atom stereocenters. The largest absolute Gasteiger partial charge is 0.144 e. The molecule has 0 aliphatic carbocycles. The van der Waals surface area contributed by atoms with Gasteiger partial charge in [0, 0.05) is 0 Å². The van der Waals surface area contributed by atoms with Gasteiger partial charge >= 0.3 is 0 Å². The Labute approximate surface area is 59.9 Å². The van der Waals surface area contributed by atoms with Crippen LogP contribution >= 0.6 is 11.3 Å². The molecular formula is C6H12N2S. The van der Waals surface area contributed by atoms with Crippen LogP contribution in [0.4, 0.5) is 0 Å². The van der Waals surface area contributed by atoms with Crippen LogP contribution in [0.1, 0.15) is 23.9 Å². The molecule has 9 heavy (non-hydrogen) atoms. The van der Waals surface area contributed by atoms with Gasteiger partial charge in [-0.05, 0) is 13.8 Å². The summed E-state index contributed by atoms with van der Waals surface area (Å²) in [4.78, 5) is 0. The van der Waals surface area contributed by atoms with Crippen LogP contribution in [0.5, 0.6) is 0 Å². The van der Waals surface area contributed by atoms with Crippen LogP contribution < -0.4 is 0 Å². The second-order valence-electron chi connectivity index (χ2n) is 1.34. The lowest BCUT2D eigenvalue weighted by atomic mass is 10.9. The minimum absolute atomic E-state index is 1.04. The fourth-order valence-electron chi connectivity index (χ4n) is 0.395. The van der Waals surface area contributed by atoms with E-state index >= 15 is 0 Å². The van der Waals surface area contributed by atoms with E-state index in [1.807, 2.05) is 27.7 Å². The molecule has 0 saturated carbocycles. The Morgan fingerprint density at radius 1 is 1.00 bits per heavy atom. The summed E-state index contributed by atoms with van der Waals surface area (Å²) in [6.45, 7) is 7.90. The summed E-state index contributed by atoms with van der Waals surface area (Å²) in [6.07, 6.45) is 0. The third-order valence-corrected chi connectivity index (χ3v) is 1.38. The zero-order valence-corrected chi connectivity index (χ0v) is 7.12. The monoisotopic (exact) mass is 144 g/mol. The molecule has 1 rings (SSSR count). The molecule has 0 saturated heterocycles. The minimum Gasteiger partial charge on any atom is -0.144 e. The molecule has 1 aromatic rings. The van der Waals surface area contributed by atoms with Gasteiger partial charge in [0.1, 0.15) is 10.0 Å². The highest BCUT2D eigenvalue weighted by Gasteiger charge is 1.88. The van der Waals surface area contributed by atoms with Gasteiger partial charge in [0.15, 0.2) is 0 Å². The van der Waals surface area contributed by atoms with Gasteiger partial charge in [-0.1, -0.05) is 13.8 Å². The first-order valence-corrected chi connectivity index (χ1v) is 3.87. The summed E-state index contributed by atoms with van der Waals surface area (Å²) in [6, 6.07) is 0. The van der Waals surface area contributed by atoms with Gasteiger partial charge in [0.2, 0.25) is 0 Å². The van der Waals surface area contributed by atoms with E-state index in [9.17, 15) is 0 Å². The van der Waals surface area contributed by atoms with Crippen molar-refractivity contribution in [2.24, 2.45) is 0 Å². The van der Waals surface area contributed by atoms with E-state index in [0.29, 0.717) is 0 Å². The van der Waals surface area contributed by atoms with Crippen molar-refractivity contribution in [3.05, 3.63) is 10.0 Å². The highest BCUT2D eigenvalue weighted by molar-refractivity contribution is 7.11.